The third-order valence-electron chi connectivity index (χ3n) is 3.30. The minimum atomic E-state index is -0.551. The Bertz CT molecular complexity index is 316. The first-order valence-corrected chi connectivity index (χ1v) is 6.72. The van der Waals surface area contributed by atoms with Crippen LogP contribution in [0.3, 0.4) is 0 Å². The summed E-state index contributed by atoms with van der Waals surface area (Å²) in [6.45, 7) is 6.15. The van der Waals surface area contributed by atoms with Gasteiger partial charge in [-0.2, -0.15) is 0 Å². The Morgan fingerprint density at radius 3 is 2.47 bits per heavy atom. The molecule has 0 saturated carbocycles. The molecule has 1 saturated heterocycles. The van der Waals surface area contributed by atoms with Crippen molar-refractivity contribution in [3.63, 3.8) is 0 Å². The number of carbonyl (C=O) groups is 2. The molecule has 0 aromatic carbocycles. The number of esters is 1. The number of hydrogen-bond acceptors (Lipinski definition) is 5. The molecule has 1 fully saturated rings. The third-order valence-corrected chi connectivity index (χ3v) is 3.30. The monoisotopic (exact) mass is 271 g/mol. The number of rotatable bonds is 7. The van der Waals surface area contributed by atoms with Gasteiger partial charge < -0.3 is 15.4 Å². The molecule has 2 N–H and O–H groups in total. The molecule has 1 amide bonds. The fourth-order valence-electron chi connectivity index (χ4n) is 2.01. The first kappa shape index (κ1) is 15.9. The van der Waals surface area contributed by atoms with Crippen molar-refractivity contribution >= 4 is 11.9 Å². The number of carbonyl (C=O) groups excluding carboxylic acids is 2. The van der Waals surface area contributed by atoms with E-state index in [2.05, 4.69) is 10.6 Å². The van der Waals surface area contributed by atoms with Crippen LogP contribution in [0.15, 0.2) is 0 Å². The van der Waals surface area contributed by atoms with E-state index in [1.807, 2.05) is 25.8 Å². The molecule has 1 aliphatic rings. The predicted molar refractivity (Wildman–Crippen MR) is 72.7 cm³/mol. The van der Waals surface area contributed by atoms with Gasteiger partial charge in [-0.3, -0.25) is 9.69 Å². The van der Waals surface area contributed by atoms with Crippen molar-refractivity contribution in [3.8, 4) is 0 Å². The van der Waals surface area contributed by atoms with E-state index >= 15 is 0 Å². The van der Waals surface area contributed by atoms with Gasteiger partial charge in [-0.05, 0) is 19.4 Å². The van der Waals surface area contributed by atoms with Crippen molar-refractivity contribution in [2.75, 3.05) is 33.8 Å². The van der Waals surface area contributed by atoms with Crippen LogP contribution in [0.1, 0.15) is 20.3 Å². The summed E-state index contributed by atoms with van der Waals surface area (Å²) < 4.78 is 4.72. The molecule has 1 unspecified atom stereocenters. The summed E-state index contributed by atoms with van der Waals surface area (Å²) in [6, 6.07) is -0.141. The highest BCUT2D eigenvalue weighted by Crippen LogP contribution is 2.07. The van der Waals surface area contributed by atoms with Crippen molar-refractivity contribution < 1.29 is 14.3 Å². The second-order valence-electron chi connectivity index (χ2n) is 5.50. The third kappa shape index (κ3) is 5.16. The number of likely N-dealkylation sites (N-methyl/N-ethyl adjacent to an activating group) is 1. The molecule has 110 valence electrons. The average Bonchev–Trinajstić information content (AvgIpc) is 2.23. The molecular weight excluding hydrogens is 246 g/mol. The van der Waals surface area contributed by atoms with E-state index in [-0.39, 0.29) is 11.9 Å². The number of amides is 1. The fraction of sp³-hybridized carbons (Fsp3) is 0.846. The highest BCUT2D eigenvalue weighted by molar-refractivity contribution is 5.85. The van der Waals surface area contributed by atoms with Crippen LogP contribution in [-0.2, 0) is 14.3 Å². The summed E-state index contributed by atoms with van der Waals surface area (Å²) in [5.74, 6) is -0.196. The lowest BCUT2D eigenvalue weighted by Gasteiger charge is -2.35. The van der Waals surface area contributed by atoms with Crippen molar-refractivity contribution in [1.82, 2.24) is 15.5 Å². The van der Waals surface area contributed by atoms with Crippen LogP contribution in [0.2, 0.25) is 0 Å². The first-order chi connectivity index (χ1) is 8.93. The number of methoxy groups -OCH3 is 1. The summed E-state index contributed by atoms with van der Waals surface area (Å²) in [7, 11) is 3.26. The van der Waals surface area contributed by atoms with Gasteiger partial charge in [0.1, 0.15) is 6.04 Å². The van der Waals surface area contributed by atoms with Crippen molar-refractivity contribution in [2.45, 2.75) is 32.4 Å². The molecule has 6 nitrogen and oxygen atoms in total. The maximum atomic E-state index is 11.9. The van der Waals surface area contributed by atoms with E-state index < -0.39 is 6.04 Å². The lowest BCUT2D eigenvalue weighted by Crippen LogP contribution is -2.58. The molecule has 0 radical (unpaired) electrons. The topological polar surface area (TPSA) is 70.7 Å². The highest BCUT2D eigenvalue weighted by atomic mass is 16.5. The lowest BCUT2D eigenvalue weighted by atomic mass is 10.0. The Kier molecular flexibility index (Phi) is 6.24. The molecule has 1 rings (SSSR count). The molecule has 19 heavy (non-hydrogen) atoms. The summed E-state index contributed by atoms with van der Waals surface area (Å²) in [4.78, 5) is 25.5. The van der Waals surface area contributed by atoms with Crippen LogP contribution >= 0.6 is 0 Å². The van der Waals surface area contributed by atoms with Crippen LogP contribution in [0.25, 0.3) is 0 Å². The molecule has 0 aliphatic carbocycles. The molecule has 1 heterocycles. The Labute approximate surface area is 114 Å². The van der Waals surface area contributed by atoms with E-state index in [0.29, 0.717) is 24.9 Å². The molecule has 0 bridgehead atoms. The van der Waals surface area contributed by atoms with Gasteiger partial charge >= 0.3 is 5.97 Å². The lowest BCUT2D eigenvalue weighted by molar-refractivity contribution is -0.145. The van der Waals surface area contributed by atoms with Crippen LogP contribution in [-0.4, -0.2) is 62.7 Å². The maximum absolute atomic E-state index is 11.9. The Hall–Kier alpha value is -1.14. The van der Waals surface area contributed by atoms with Crippen molar-refractivity contribution in [1.29, 1.82) is 0 Å². The molecule has 0 aromatic heterocycles. The summed E-state index contributed by atoms with van der Waals surface area (Å²) in [5.41, 5.74) is 0. The van der Waals surface area contributed by atoms with Gasteiger partial charge in [-0.15, -0.1) is 0 Å². The SMILES string of the molecule is COC(=O)C(CC(C)C)NC(=O)CN(C)C1CNC1. The van der Waals surface area contributed by atoms with Crippen LogP contribution in [0.4, 0.5) is 0 Å². The van der Waals surface area contributed by atoms with Gasteiger partial charge in [0.15, 0.2) is 0 Å². The van der Waals surface area contributed by atoms with E-state index in [1.165, 1.54) is 7.11 Å². The molecular formula is C13H25N3O3. The van der Waals surface area contributed by atoms with Gasteiger partial charge in [0, 0.05) is 19.1 Å². The second-order valence-corrected chi connectivity index (χ2v) is 5.50. The zero-order valence-corrected chi connectivity index (χ0v) is 12.2. The summed E-state index contributed by atoms with van der Waals surface area (Å²) in [5, 5.41) is 5.92. The Morgan fingerprint density at radius 1 is 1.42 bits per heavy atom. The number of nitrogens with one attached hydrogen (secondary N) is 2. The molecule has 1 aliphatic heterocycles. The molecule has 0 aromatic rings. The summed E-state index contributed by atoms with van der Waals surface area (Å²) >= 11 is 0. The van der Waals surface area contributed by atoms with E-state index in [0.717, 1.165) is 13.1 Å². The zero-order valence-electron chi connectivity index (χ0n) is 12.2. The number of nitrogens with zero attached hydrogens (tertiary/aromatic N) is 1. The van der Waals surface area contributed by atoms with Crippen molar-refractivity contribution in [2.24, 2.45) is 5.92 Å². The predicted octanol–water partition coefficient (Wildman–Crippen LogP) is -0.406. The number of ether oxygens (including phenoxy) is 1. The normalized spacial score (nSPS) is 17.2. The van der Waals surface area contributed by atoms with Gasteiger partial charge in [-0.1, -0.05) is 13.8 Å². The largest absolute Gasteiger partial charge is 0.467 e. The van der Waals surface area contributed by atoms with Gasteiger partial charge in [0.25, 0.3) is 0 Å². The van der Waals surface area contributed by atoms with Gasteiger partial charge in [0.2, 0.25) is 5.91 Å². The van der Waals surface area contributed by atoms with E-state index in [1.54, 1.807) is 0 Å². The van der Waals surface area contributed by atoms with Crippen LogP contribution < -0.4 is 10.6 Å². The average molecular weight is 271 g/mol. The highest BCUT2D eigenvalue weighted by Gasteiger charge is 2.26. The summed E-state index contributed by atoms with van der Waals surface area (Å²) in [6.07, 6.45) is 0.590. The standard InChI is InChI=1S/C13H25N3O3/c1-9(2)5-11(13(18)19-4)15-12(17)8-16(3)10-6-14-7-10/h9-11,14H,5-8H2,1-4H3,(H,15,17). The molecule has 0 spiro atoms. The minimum Gasteiger partial charge on any atom is -0.467 e. The quantitative estimate of drug-likeness (QED) is 0.616. The van der Waals surface area contributed by atoms with Crippen LogP contribution in [0.5, 0.6) is 0 Å². The van der Waals surface area contributed by atoms with E-state index in [9.17, 15) is 9.59 Å². The smallest absolute Gasteiger partial charge is 0.328 e. The van der Waals surface area contributed by atoms with Gasteiger partial charge in [0.05, 0.1) is 13.7 Å². The molecule has 1 atom stereocenters. The minimum absolute atomic E-state index is 0.134. The second kappa shape index (κ2) is 7.45. The first-order valence-electron chi connectivity index (χ1n) is 6.72. The van der Waals surface area contributed by atoms with E-state index in [4.69, 9.17) is 4.74 Å². The van der Waals surface area contributed by atoms with Crippen molar-refractivity contribution in [3.05, 3.63) is 0 Å². The van der Waals surface area contributed by atoms with Gasteiger partial charge in [-0.25, -0.2) is 4.79 Å². The zero-order chi connectivity index (χ0) is 14.4. The van der Waals surface area contributed by atoms with Crippen LogP contribution in [0, 0.1) is 5.92 Å². The Balaban J connectivity index is 2.43. The number of hydrogen-bond donors (Lipinski definition) is 2. The fourth-order valence-corrected chi connectivity index (χ4v) is 2.01. The maximum Gasteiger partial charge on any atom is 0.328 e. The Morgan fingerprint density at radius 2 is 2.05 bits per heavy atom. The molecule has 6 heteroatoms.